The van der Waals surface area contributed by atoms with Crippen LogP contribution in [0.2, 0.25) is 0 Å². The fourth-order valence-electron chi connectivity index (χ4n) is 4.18. The number of hydrogen-bond donors (Lipinski definition) is 2. The molecule has 9 nitrogen and oxygen atoms in total. The predicted molar refractivity (Wildman–Crippen MR) is 126 cm³/mol. The van der Waals surface area contributed by atoms with Crippen LogP contribution in [0.15, 0.2) is 42.5 Å². The molecule has 0 radical (unpaired) electrons. The van der Waals surface area contributed by atoms with Gasteiger partial charge in [0.25, 0.3) is 11.8 Å². The molecule has 0 aliphatic carbocycles. The zero-order chi connectivity index (χ0) is 24.1. The summed E-state index contributed by atoms with van der Waals surface area (Å²) in [6, 6.07) is 10.7. The maximum absolute atomic E-state index is 13.7. The Kier molecular flexibility index (Phi) is 7.27. The number of nitrogens with one attached hydrogen (secondary N) is 2. The van der Waals surface area contributed by atoms with Gasteiger partial charge in [0.05, 0.1) is 18.5 Å². The minimum atomic E-state index is -0.505. The molecule has 4 rings (SSSR count). The van der Waals surface area contributed by atoms with Gasteiger partial charge in [0.2, 0.25) is 0 Å². The van der Waals surface area contributed by atoms with Gasteiger partial charge >= 0.3 is 6.09 Å². The third kappa shape index (κ3) is 5.28. The molecule has 0 unspecified atom stereocenters. The van der Waals surface area contributed by atoms with Gasteiger partial charge in [-0.05, 0) is 36.4 Å². The van der Waals surface area contributed by atoms with Gasteiger partial charge in [-0.25, -0.2) is 9.18 Å². The number of rotatable bonds is 4. The van der Waals surface area contributed by atoms with E-state index in [1.165, 1.54) is 31.4 Å². The van der Waals surface area contributed by atoms with Crippen LogP contribution in [0, 0.1) is 5.82 Å². The molecular weight excluding hydrogens is 441 g/mol. The van der Waals surface area contributed by atoms with Gasteiger partial charge in [-0.15, -0.1) is 0 Å². The zero-order valence-corrected chi connectivity index (χ0v) is 19.1. The summed E-state index contributed by atoms with van der Waals surface area (Å²) in [6.07, 6.45) is -0.378. The first-order chi connectivity index (χ1) is 16.5. The van der Waals surface area contributed by atoms with Gasteiger partial charge in [-0.1, -0.05) is 6.07 Å². The van der Waals surface area contributed by atoms with Gasteiger partial charge in [0.15, 0.2) is 0 Å². The number of carbonyl (C=O) groups is 3. The number of anilines is 2. The molecule has 0 spiro atoms. The summed E-state index contributed by atoms with van der Waals surface area (Å²) in [7, 11) is 1.35. The van der Waals surface area contributed by atoms with Crippen LogP contribution in [0.25, 0.3) is 0 Å². The number of piperazine rings is 2. The van der Waals surface area contributed by atoms with Crippen LogP contribution in [-0.4, -0.2) is 87.2 Å². The molecule has 0 aromatic heterocycles. The Hall–Kier alpha value is -3.66. The monoisotopic (exact) mass is 469 g/mol. The number of ether oxygens (including phenoxy) is 1. The van der Waals surface area contributed by atoms with Crippen molar-refractivity contribution in [2.45, 2.75) is 0 Å². The quantitative estimate of drug-likeness (QED) is 0.712. The summed E-state index contributed by atoms with van der Waals surface area (Å²) >= 11 is 0. The van der Waals surface area contributed by atoms with E-state index in [0.29, 0.717) is 50.5 Å². The second-order valence-corrected chi connectivity index (χ2v) is 8.18. The SMILES string of the molecule is COC(=O)N1CCN(c2ccc(C(=O)N3CCNCC3)cc2NC(=O)c2cccc(F)c2)CC1. The second-order valence-electron chi connectivity index (χ2n) is 8.18. The molecule has 2 N–H and O–H groups in total. The van der Waals surface area contributed by atoms with E-state index in [4.69, 9.17) is 4.74 Å². The topological polar surface area (TPSA) is 94.2 Å². The lowest BCUT2D eigenvalue weighted by Crippen LogP contribution is -2.49. The highest BCUT2D eigenvalue weighted by Gasteiger charge is 2.25. The standard InChI is InChI=1S/C24H28FN5O4/c1-34-24(33)30-13-11-28(12-14-30)21-6-5-18(23(32)29-9-7-26-8-10-29)16-20(21)27-22(31)17-3-2-4-19(25)15-17/h2-6,15-16,26H,7-14H2,1H3,(H,27,31). The van der Waals surface area contributed by atoms with Crippen molar-refractivity contribution in [1.29, 1.82) is 0 Å². The van der Waals surface area contributed by atoms with Crippen LogP contribution >= 0.6 is 0 Å². The van der Waals surface area contributed by atoms with E-state index in [9.17, 15) is 18.8 Å². The third-order valence-corrected chi connectivity index (χ3v) is 6.04. The largest absolute Gasteiger partial charge is 0.453 e. The summed E-state index contributed by atoms with van der Waals surface area (Å²) in [6.45, 7) is 4.68. The molecule has 2 aliphatic heterocycles. The lowest BCUT2D eigenvalue weighted by atomic mass is 10.1. The molecule has 2 aromatic rings. The Bertz CT molecular complexity index is 1070. The Labute approximate surface area is 197 Å². The Morgan fingerprint density at radius 1 is 0.912 bits per heavy atom. The van der Waals surface area contributed by atoms with Crippen molar-refractivity contribution >= 4 is 29.3 Å². The second kappa shape index (κ2) is 10.5. The van der Waals surface area contributed by atoms with E-state index >= 15 is 0 Å². The fourth-order valence-corrected chi connectivity index (χ4v) is 4.18. The number of benzene rings is 2. The molecule has 10 heteroatoms. The first-order valence-electron chi connectivity index (χ1n) is 11.2. The van der Waals surface area contributed by atoms with Crippen molar-refractivity contribution in [3.8, 4) is 0 Å². The fraction of sp³-hybridized carbons (Fsp3) is 0.375. The molecule has 180 valence electrons. The van der Waals surface area contributed by atoms with Crippen molar-refractivity contribution in [1.82, 2.24) is 15.1 Å². The molecule has 2 aliphatic rings. The van der Waals surface area contributed by atoms with Gasteiger partial charge in [-0.3, -0.25) is 9.59 Å². The molecule has 0 bridgehead atoms. The van der Waals surface area contributed by atoms with Crippen LogP contribution in [0.1, 0.15) is 20.7 Å². The molecule has 2 aromatic carbocycles. The summed E-state index contributed by atoms with van der Waals surface area (Å²) in [4.78, 5) is 43.2. The molecule has 34 heavy (non-hydrogen) atoms. The van der Waals surface area contributed by atoms with Crippen LogP contribution in [-0.2, 0) is 4.74 Å². The highest BCUT2D eigenvalue weighted by molar-refractivity contribution is 6.07. The van der Waals surface area contributed by atoms with E-state index < -0.39 is 11.7 Å². The Morgan fingerprint density at radius 3 is 2.32 bits per heavy atom. The summed E-state index contributed by atoms with van der Waals surface area (Å²) in [5.74, 6) is -1.08. The number of hydrogen-bond acceptors (Lipinski definition) is 6. The highest BCUT2D eigenvalue weighted by atomic mass is 19.1. The average molecular weight is 470 g/mol. The Balaban J connectivity index is 1.60. The summed E-state index contributed by atoms with van der Waals surface area (Å²) in [5.41, 5.74) is 1.83. The van der Waals surface area contributed by atoms with E-state index in [1.807, 2.05) is 11.0 Å². The zero-order valence-electron chi connectivity index (χ0n) is 19.1. The normalized spacial score (nSPS) is 16.2. The lowest BCUT2D eigenvalue weighted by Gasteiger charge is -2.36. The third-order valence-electron chi connectivity index (χ3n) is 6.04. The van der Waals surface area contributed by atoms with Crippen molar-refractivity contribution < 1.29 is 23.5 Å². The summed E-state index contributed by atoms with van der Waals surface area (Å²) < 4.78 is 18.5. The van der Waals surface area contributed by atoms with E-state index in [0.717, 1.165) is 18.8 Å². The molecule has 2 heterocycles. The van der Waals surface area contributed by atoms with Gasteiger partial charge in [-0.2, -0.15) is 0 Å². The van der Waals surface area contributed by atoms with Gasteiger partial charge in [0.1, 0.15) is 5.82 Å². The number of amides is 3. The smallest absolute Gasteiger partial charge is 0.409 e. The average Bonchev–Trinajstić information content (AvgIpc) is 2.88. The van der Waals surface area contributed by atoms with Crippen LogP contribution < -0.4 is 15.5 Å². The molecule has 2 saturated heterocycles. The molecule has 0 saturated carbocycles. The minimum Gasteiger partial charge on any atom is -0.453 e. The number of carbonyl (C=O) groups excluding carboxylic acids is 3. The molecule has 2 fully saturated rings. The van der Waals surface area contributed by atoms with E-state index in [2.05, 4.69) is 10.6 Å². The van der Waals surface area contributed by atoms with Gasteiger partial charge < -0.3 is 30.1 Å². The van der Waals surface area contributed by atoms with Gasteiger partial charge in [0, 0.05) is 63.5 Å². The van der Waals surface area contributed by atoms with Crippen LogP contribution in [0.3, 0.4) is 0 Å². The lowest BCUT2D eigenvalue weighted by molar-refractivity contribution is 0.0735. The number of methoxy groups -OCH3 is 1. The maximum Gasteiger partial charge on any atom is 0.409 e. The van der Waals surface area contributed by atoms with Crippen LogP contribution in [0.4, 0.5) is 20.6 Å². The van der Waals surface area contributed by atoms with E-state index in [-0.39, 0.29) is 17.6 Å². The highest BCUT2D eigenvalue weighted by Crippen LogP contribution is 2.30. The Morgan fingerprint density at radius 2 is 1.65 bits per heavy atom. The van der Waals surface area contributed by atoms with Crippen molar-refractivity contribution in [2.24, 2.45) is 0 Å². The first-order valence-corrected chi connectivity index (χ1v) is 11.2. The molecule has 0 atom stereocenters. The van der Waals surface area contributed by atoms with Crippen molar-refractivity contribution in [3.63, 3.8) is 0 Å². The predicted octanol–water partition coefficient (Wildman–Crippen LogP) is 2.01. The maximum atomic E-state index is 13.7. The number of halogens is 1. The summed E-state index contributed by atoms with van der Waals surface area (Å²) in [5, 5.41) is 6.08. The van der Waals surface area contributed by atoms with Crippen molar-refractivity contribution in [2.75, 3.05) is 69.7 Å². The van der Waals surface area contributed by atoms with E-state index in [1.54, 1.807) is 21.9 Å². The first kappa shape index (κ1) is 23.5. The molecule has 3 amide bonds. The van der Waals surface area contributed by atoms with Crippen LogP contribution in [0.5, 0.6) is 0 Å². The number of nitrogens with zero attached hydrogens (tertiary/aromatic N) is 3. The minimum absolute atomic E-state index is 0.107. The molecular formula is C24H28FN5O4. The van der Waals surface area contributed by atoms with Crippen molar-refractivity contribution in [3.05, 3.63) is 59.4 Å².